The molecule has 0 aliphatic rings. The summed E-state index contributed by atoms with van der Waals surface area (Å²) >= 11 is 0. The van der Waals surface area contributed by atoms with E-state index in [0.717, 1.165) is 24.5 Å². The third kappa shape index (κ3) is 3.97. The molecule has 0 fully saturated rings. The molecule has 4 nitrogen and oxygen atoms in total. The van der Waals surface area contributed by atoms with Crippen molar-refractivity contribution in [2.75, 3.05) is 23.7 Å². The molecule has 0 atom stereocenters. The second kappa shape index (κ2) is 6.01. The van der Waals surface area contributed by atoms with Gasteiger partial charge in [-0.05, 0) is 13.3 Å². The van der Waals surface area contributed by atoms with Crippen LogP contribution in [0.4, 0.5) is 11.8 Å². The van der Waals surface area contributed by atoms with Crippen molar-refractivity contribution < 1.29 is 0 Å². The maximum Gasteiger partial charge on any atom is 0.224 e. The van der Waals surface area contributed by atoms with Gasteiger partial charge in [-0.2, -0.15) is 4.98 Å². The molecule has 1 rings (SSSR count). The number of anilines is 2. The Labute approximate surface area is 90.8 Å². The molecule has 4 heteroatoms. The molecule has 0 saturated carbocycles. The summed E-state index contributed by atoms with van der Waals surface area (Å²) in [6.45, 7) is 9.32. The van der Waals surface area contributed by atoms with Crippen molar-refractivity contribution in [3.05, 3.63) is 24.4 Å². The minimum atomic E-state index is 0.684. The Bertz CT molecular complexity index is 322. The zero-order chi connectivity index (χ0) is 11.1. The summed E-state index contributed by atoms with van der Waals surface area (Å²) < 4.78 is 0. The molecule has 0 bridgehead atoms. The number of aromatic nitrogens is 2. The van der Waals surface area contributed by atoms with Crippen molar-refractivity contribution in [1.29, 1.82) is 0 Å². The van der Waals surface area contributed by atoms with E-state index in [4.69, 9.17) is 0 Å². The summed E-state index contributed by atoms with van der Waals surface area (Å²) in [5.41, 5.74) is 0.954. The molecule has 1 heterocycles. The fraction of sp³-hybridized carbons (Fsp3) is 0.455. The van der Waals surface area contributed by atoms with Gasteiger partial charge in [0.2, 0.25) is 5.95 Å². The molecule has 0 spiro atoms. The van der Waals surface area contributed by atoms with Gasteiger partial charge in [0.1, 0.15) is 5.82 Å². The van der Waals surface area contributed by atoms with E-state index in [9.17, 15) is 0 Å². The van der Waals surface area contributed by atoms with E-state index in [2.05, 4.69) is 34.1 Å². The van der Waals surface area contributed by atoms with E-state index in [1.807, 2.05) is 13.0 Å². The molecule has 1 aromatic rings. The van der Waals surface area contributed by atoms with Gasteiger partial charge >= 0.3 is 0 Å². The Kier molecular flexibility index (Phi) is 4.60. The SMILES string of the molecule is C=CCNc1cc(C)nc(NCCC)n1. The Balaban J connectivity index is 2.70. The second-order valence-corrected chi connectivity index (χ2v) is 3.31. The van der Waals surface area contributed by atoms with Crippen LogP contribution in [-0.2, 0) is 0 Å². The van der Waals surface area contributed by atoms with Crippen LogP contribution in [0.3, 0.4) is 0 Å². The number of hydrogen-bond acceptors (Lipinski definition) is 4. The van der Waals surface area contributed by atoms with Gasteiger partial charge in [-0.1, -0.05) is 13.0 Å². The second-order valence-electron chi connectivity index (χ2n) is 3.31. The van der Waals surface area contributed by atoms with Crippen molar-refractivity contribution in [3.8, 4) is 0 Å². The zero-order valence-electron chi connectivity index (χ0n) is 9.38. The molecule has 2 N–H and O–H groups in total. The van der Waals surface area contributed by atoms with Crippen molar-refractivity contribution in [3.63, 3.8) is 0 Å². The van der Waals surface area contributed by atoms with Crippen molar-refractivity contribution >= 4 is 11.8 Å². The standard InChI is InChI=1S/C11H18N4/c1-4-6-12-10-8-9(3)14-11(15-10)13-7-5-2/h4,8H,1,5-7H2,2-3H3,(H2,12,13,14,15). The lowest BCUT2D eigenvalue weighted by Crippen LogP contribution is -2.08. The largest absolute Gasteiger partial charge is 0.366 e. The van der Waals surface area contributed by atoms with Crippen molar-refractivity contribution in [2.24, 2.45) is 0 Å². The molecule has 1 aromatic heterocycles. The maximum absolute atomic E-state index is 4.33. The monoisotopic (exact) mass is 206 g/mol. The highest BCUT2D eigenvalue weighted by Gasteiger charge is 1.99. The van der Waals surface area contributed by atoms with Gasteiger partial charge in [0.05, 0.1) is 0 Å². The van der Waals surface area contributed by atoms with Crippen LogP contribution in [0, 0.1) is 6.92 Å². The van der Waals surface area contributed by atoms with Crippen LogP contribution in [0.15, 0.2) is 18.7 Å². The fourth-order valence-electron chi connectivity index (χ4n) is 1.15. The number of nitrogens with one attached hydrogen (secondary N) is 2. The smallest absolute Gasteiger partial charge is 0.224 e. The molecule has 0 saturated heterocycles. The number of nitrogens with zero attached hydrogens (tertiary/aromatic N) is 2. The van der Waals surface area contributed by atoms with Crippen LogP contribution >= 0.6 is 0 Å². The van der Waals surface area contributed by atoms with E-state index < -0.39 is 0 Å². The van der Waals surface area contributed by atoms with Gasteiger partial charge in [0.25, 0.3) is 0 Å². The van der Waals surface area contributed by atoms with E-state index in [0.29, 0.717) is 12.5 Å². The summed E-state index contributed by atoms with van der Waals surface area (Å²) in [6, 6.07) is 1.92. The highest BCUT2D eigenvalue weighted by atomic mass is 15.1. The summed E-state index contributed by atoms with van der Waals surface area (Å²) in [5, 5.41) is 6.31. The van der Waals surface area contributed by atoms with E-state index in [1.165, 1.54) is 0 Å². The molecular formula is C11H18N4. The van der Waals surface area contributed by atoms with E-state index >= 15 is 0 Å². The summed E-state index contributed by atoms with van der Waals surface area (Å²) in [5.74, 6) is 1.52. The first-order chi connectivity index (χ1) is 7.26. The summed E-state index contributed by atoms with van der Waals surface area (Å²) in [7, 11) is 0. The van der Waals surface area contributed by atoms with Crippen molar-refractivity contribution in [2.45, 2.75) is 20.3 Å². The first kappa shape index (κ1) is 11.5. The summed E-state index contributed by atoms with van der Waals surface area (Å²) in [4.78, 5) is 8.62. The van der Waals surface area contributed by atoms with Crippen LogP contribution < -0.4 is 10.6 Å². The minimum absolute atomic E-state index is 0.684. The predicted octanol–water partition coefficient (Wildman–Crippen LogP) is 2.20. The van der Waals surface area contributed by atoms with Crippen LogP contribution in [0.1, 0.15) is 19.0 Å². The first-order valence-corrected chi connectivity index (χ1v) is 5.20. The molecule has 82 valence electrons. The van der Waals surface area contributed by atoms with Crippen LogP contribution in [0.5, 0.6) is 0 Å². The fourth-order valence-corrected chi connectivity index (χ4v) is 1.15. The molecular weight excluding hydrogens is 188 g/mol. The van der Waals surface area contributed by atoms with Crippen LogP contribution in [0.25, 0.3) is 0 Å². The Morgan fingerprint density at radius 1 is 1.40 bits per heavy atom. The van der Waals surface area contributed by atoms with Gasteiger partial charge in [-0.25, -0.2) is 4.98 Å². The average molecular weight is 206 g/mol. The van der Waals surface area contributed by atoms with Gasteiger partial charge < -0.3 is 10.6 Å². The van der Waals surface area contributed by atoms with E-state index in [-0.39, 0.29) is 0 Å². The topological polar surface area (TPSA) is 49.8 Å². The van der Waals surface area contributed by atoms with Gasteiger partial charge in [-0.3, -0.25) is 0 Å². The maximum atomic E-state index is 4.33. The Morgan fingerprint density at radius 3 is 2.87 bits per heavy atom. The first-order valence-electron chi connectivity index (χ1n) is 5.20. The Morgan fingerprint density at radius 2 is 2.20 bits per heavy atom. The molecule has 0 radical (unpaired) electrons. The molecule has 0 unspecified atom stereocenters. The van der Waals surface area contributed by atoms with Crippen LogP contribution in [0.2, 0.25) is 0 Å². The molecule has 15 heavy (non-hydrogen) atoms. The lowest BCUT2D eigenvalue weighted by Gasteiger charge is -2.07. The highest BCUT2D eigenvalue weighted by Crippen LogP contribution is 2.09. The summed E-state index contributed by atoms with van der Waals surface area (Å²) in [6.07, 6.45) is 2.86. The lowest BCUT2D eigenvalue weighted by atomic mass is 10.4. The number of rotatable bonds is 6. The predicted molar refractivity (Wildman–Crippen MR) is 64.2 cm³/mol. The zero-order valence-corrected chi connectivity index (χ0v) is 9.38. The normalized spacial score (nSPS) is 9.73. The lowest BCUT2D eigenvalue weighted by molar-refractivity contribution is 0.946. The number of hydrogen-bond donors (Lipinski definition) is 2. The third-order valence-corrected chi connectivity index (χ3v) is 1.81. The Hall–Kier alpha value is -1.58. The van der Waals surface area contributed by atoms with E-state index in [1.54, 1.807) is 6.08 Å². The highest BCUT2D eigenvalue weighted by molar-refractivity contribution is 5.42. The van der Waals surface area contributed by atoms with Gasteiger partial charge in [-0.15, -0.1) is 6.58 Å². The van der Waals surface area contributed by atoms with Gasteiger partial charge in [0, 0.05) is 24.8 Å². The average Bonchev–Trinajstić information content (AvgIpc) is 2.23. The molecule has 0 aliphatic heterocycles. The minimum Gasteiger partial charge on any atom is -0.366 e. The quantitative estimate of drug-likeness (QED) is 0.701. The molecule has 0 amide bonds. The number of aryl methyl sites for hydroxylation is 1. The third-order valence-electron chi connectivity index (χ3n) is 1.81. The molecule has 0 aliphatic carbocycles. The molecule has 0 aromatic carbocycles. The van der Waals surface area contributed by atoms with Gasteiger partial charge in [0.15, 0.2) is 0 Å². The van der Waals surface area contributed by atoms with Crippen LogP contribution in [-0.4, -0.2) is 23.1 Å². The van der Waals surface area contributed by atoms with Crippen molar-refractivity contribution in [1.82, 2.24) is 9.97 Å².